The second kappa shape index (κ2) is 12.2. The number of likely N-dealkylation sites (N-methyl/N-ethyl adjacent to an activating group) is 1. The van der Waals surface area contributed by atoms with E-state index in [1.807, 2.05) is 19.0 Å². The Morgan fingerprint density at radius 3 is 2.48 bits per heavy atom. The lowest BCUT2D eigenvalue weighted by Crippen LogP contribution is -2.13. The number of aromatic nitrogens is 4. The molecule has 4 rings (SSSR count). The number of anilines is 5. The molecule has 3 N–H and O–H groups in total. The average Bonchev–Trinajstić information content (AvgIpc) is 3.20. The second-order valence-electron chi connectivity index (χ2n) is 9.02. The van der Waals surface area contributed by atoms with E-state index in [1.165, 1.54) is 29.1 Å². The quantitative estimate of drug-likeness (QED) is 0.209. The third kappa shape index (κ3) is 7.58. The summed E-state index contributed by atoms with van der Waals surface area (Å²) in [6.45, 7) is 0.621. The number of carbonyl (C=O) groups excluding carboxylic acids is 1. The number of hydrogen-bond acceptors (Lipinski definition) is 7. The van der Waals surface area contributed by atoms with E-state index < -0.39 is 11.7 Å². The lowest BCUT2D eigenvalue weighted by Gasteiger charge is -2.14. The van der Waals surface area contributed by atoms with Crippen LogP contribution in [0.1, 0.15) is 5.56 Å². The number of hydrogen-bond donors (Lipinski definition) is 3. The van der Waals surface area contributed by atoms with Gasteiger partial charge in [0.1, 0.15) is 5.82 Å². The van der Waals surface area contributed by atoms with Gasteiger partial charge in [0.15, 0.2) is 5.15 Å². The number of alkyl halides is 3. The van der Waals surface area contributed by atoms with Crippen LogP contribution in [0, 0.1) is 0 Å². The van der Waals surface area contributed by atoms with Gasteiger partial charge in [-0.1, -0.05) is 35.9 Å². The first-order valence-electron chi connectivity index (χ1n) is 12.0. The Hall–Kier alpha value is -4.42. The zero-order valence-corrected chi connectivity index (χ0v) is 22.5. The van der Waals surface area contributed by atoms with Gasteiger partial charge in [-0.2, -0.15) is 23.3 Å². The molecule has 0 saturated heterocycles. The van der Waals surface area contributed by atoms with Crippen LogP contribution in [0.3, 0.4) is 0 Å². The topological polar surface area (TPSA) is 100 Å². The predicted molar refractivity (Wildman–Crippen MR) is 150 cm³/mol. The smallest absolute Gasteiger partial charge is 0.339 e. The molecule has 40 heavy (non-hydrogen) atoms. The van der Waals surface area contributed by atoms with E-state index in [-0.39, 0.29) is 17.0 Å². The number of rotatable bonds is 9. The summed E-state index contributed by atoms with van der Waals surface area (Å²) in [4.78, 5) is 23.1. The maximum absolute atomic E-state index is 13.1. The van der Waals surface area contributed by atoms with Gasteiger partial charge in [0.25, 0.3) is 0 Å². The number of amides is 1. The number of nitrogens with zero attached hydrogens (tertiary/aromatic N) is 5. The molecule has 0 radical (unpaired) electrons. The number of aryl methyl sites for hydroxylation is 1. The molecule has 0 aliphatic rings. The third-order valence-corrected chi connectivity index (χ3v) is 5.75. The highest BCUT2D eigenvalue weighted by Gasteiger charge is 2.30. The largest absolute Gasteiger partial charge is 0.416 e. The highest BCUT2D eigenvalue weighted by atomic mass is 35.5. The Morgan fingerprint density at radius 2 is 1.82 bits per heavy atom. The number of benzene rings is 2. The SMILES string of the molecule is CN(C)C/C=C/C(=O)Nc1cccc(Nc2nc(Nc3cn(C)nc3Cl)ncc2-c2ccc(C(F)(F)F)cc2)c1. The Morgan fingerprint density at radius 1 is 1.10 bits per heavy atom. The molecule has 0 unspecified atom stereocenters. The zero-order valence-electron chi connectivity index (χ0n) is 21.8. The minimum absolute atomic E-state index is 0.184. The van der Waals surface area contributed by atoms with Crippen LogP contribution in [0.4, 0.5) is 42.0 Å². The molecule has 0 spiro atoms. The fourth-order valence-corrected chi connectivity index (χ4v) is 3.83. The summed E-state index contributed by atoms with van der Waals surface area (Å²) in [5, 5.41) is 13.3. The molecule has 1 amide bonds. The maximum atomic E-state index is 13.1. The second-order valence-corrected chi connectivity index (χ2v) is 9.38. The van der Waals surface area contributed by atoms with Crippen LogP contribution in [-0.2, 0) is 18.0 Å². The van der Waals surface area contributed by atoms with Crippen molar-refractivity contribution in [2.75, 3.05) is 36.6 Å². The van der Waals surface area contributed by atoms with Crippen molar-refractivity contribution in [1.29, 1.82) is 0 Å². The number of nitrogens with one attached hydrogen (secondary N) is 3. The Labute approximate surface area is 233 Å². The van der Waals surface area contributed by atoms with Crippen molar-refractivity contribution < 1.29 is 18.0 Å². The molecule has 0 aliphatic heterocycles. The molecule has 2 aromatic carbocycles. The number of carbonyl (C=O) groups is 1. The van der Waals surface area contributed by atoms with E-state index >= 15 is 0 Å². The summed E-state index contributed by atoms with van der Waals surface area (Å²) in [5.74, 6) is 0.210. The molecule has 0 aliphatic carbocycles. The first-order chi connectivity index (χ1) is 19.0. The summed E-state index contributed by atoms with van der Waals surface area (Å²) < 4.78 is 40.9. The average molecular weight is 571 g/mol. The molecule has 2 heterocycles. The van der Waals surface area contributed by atoms with Crippen molar-refractivity contribution in [3.63, 3.8) is 0 Å². The van der Waals surface area contributed by atoms with Crippen LogP contribution in [0.15, 0.2) is 73.1 Å². The standard InChI is InChI=1S/C27H26ClF3N8O/c1-38(2)13-5-8-23(40)33-19-6-4-7-20(14-19)34-25-21(17-9-11-18(12-10-17)27(29,30)31)15-32-26(36-25)35-22-16-39(3)37-24(22)28/h4-12,14-16H,13H2,1-3H3,(H,33,40)(H2,32,34,35,36)/b8-5+. The van der Waals surface area contributed by atoms with E-state index in [2.05, 4.69) is 31.0 Å². The fraction of sp³-hybridized carbons (Fsp3) is 0.185. The molecule has 13 heteroatoms. The van der Waals surface area contributed by atoms with Crippen LogP contribution in [0.5, 0.6) is 0 Å². The van der Waals surface area contributed by atoms with Gasteiger partial charge in [-0.15, -0.1) is 0 Å². The van der Waals surface area contributed by atoms with Gasteiger partial charge >= 0.3 is 6.18 Å². The molecule has 4 aromatic rings. The summed E-state index contributed by atoms with van der Waals surface area (Å²) in [6, 6.07) is 11.7. The van der Waals surface area contributed by atoms with E-state index in [4.69, 9.17) is 11.6 Å². The molecule has 208 valence electrons. The lowest BCUT2D eigenvalue weighted by molar-refractivity contribution is -0.137. The molecule has 0 fully saturated rings. The minimum atomic E-state index is -4.46. The van der Waals surface area contributed by atoms with Crippen molar-refractivity contribution in [3.05, 3.63) is 83.8 Å². The highest BCUT2D eigenvalue weighted by molar-refractivity contribution is 6.32. The monoisotopic (exact) mass is 570 g/mol. The van der Waals surface area contributed by atoms with E-state index in [1.54, 1.807) is 43.6 Å². The summed E-state index contributed by atoms with van der Waals surface area (Å²) in [7, 11) is 5.51. The van der Waals surface area contributed by atoms with Crippen molar-refractivity contribution in [2.24, 2.45) is 7.05 Å². The Balaban J connectivity index is 1.64. The fourth-order valence-electron chi connectivity index (χ4n) is 3.62. The van der Waals surface area contributed by atoms with Crippen LogP contribution in [0.2, 0.25) is 5.15 Å². The first kappa shape index (κ1) is 28.6. The lowest BCUT2D eigenvalue weighted by atomic mass is 10.1. The molecule has 9 nitrogen and oxygen atoms in total. The number of halogens is 4. The van der Waals surface area contributed by atoms with Crippen LogP contribution in [-0.4, -0.2) is 51.2 Å². The maximum Gasteiger partial charge on any atom is 0.416 e. The predicted octanol–water partition coefficient (Wildman–Crippen LogP) is 6.09. The molecular formula is C27H26ClF3N8O. The summed E-state index contributed by atoms with van der Waals surface area (Å²) in [5.41, 5.74) is 1.75. The van der Waals surface area contributed by atoms with Gasteiger partial charge in [0, 0.05) is 49.0 Å². The minimum Gasteiger partial charge on any atom is -0.339 e. The molecule has 2 aromatic heterocycles. The summed E-state index contributed by atoms with van der Waals surface area (Å²) in [6.07, 6.45) is 1.89. The van der Waals surface area contributed by atoms with E-state index in [0.29, 0.717) is 40.6 Å². The Bertz CT molecular complexity index is 1520. The summed E-state index contributed by atoms with van der Waals surface area (Å²) >= 11 is 6.15. The molecule has 0 saturated carbocycles. The van der Waals surface area contributed by atoms with E-state index in [0.717, 1.165) is 12.1 Å². The van der Waals surface area contributed by atoms with Gasteiger partial charge < -0.3 is 20.9 Å². The first-order valence-corrected chi connectivity index (χ1v) is 12.4. The van der Waals surface area contributed by atoms with E-state index in [9.17, 15) is 18.0 Å². The van der Waals surface area contributed by atoms with Gasteiger partial charge in [-0.25, -0.2) is 4.98 Å². The van der Waals surface area contributed by atoms with Crippen LogP contribution >= 0.6 is 11.6 Å². The highest BCUT2D eigenvalue weighted by Crippen LogP contribution is 2.34. The molecule has 0 bridgehead atoms. The van der Waals surface area contributed by atoms with Crippen LogP contribution < -0.4 is 16.0 Å². The normalized spacial score (nSPS) is 11.7. The van der Waals surface area contributed by atoms with Crippen LogP contribution in [0.25, 0.3) is 11.1 Å². The van der Waals surface area contributed by atoms with Crippen molar-refractivity contribution in [2.45, 2.75) is 6.18 Å². The van der Waals surface area contributed by atoms with Gasteiger partial charge in [0.05, 0.1) is 11.3 Å². The van der Waals surface area contributed by atoms with Gasteiger partial charge in [-0.3, -0.25) is 9.48 Å². The molecule has 0 atom stereocenters. The van der Waals surface area contributed by atoms with Crippen molar-refractivity contribution in [1.82, 2.24) is 24.6 Å². The zero-order chi connectivity index (χ0) is 28.9. The van der Waals surface area contributed by atoms with Crippen molar-refractivity contribution in [3.8, 4) is 11.1 Å². The van der Waals surface area contributed by atoms with Crippen molar-refractivity contribution >= 4 is 46.3 Å². The Kier molecular flexibility index (Phi) is 8.70. The molecular weight excluding hydrogens is 545 g/mol. The third-order valence-electron chi connectivity index (χ3n) is 5.47. The van der Waals surface area contributed by atoms with Gasteiger partial charge in [-0.05, 0) is 50.0 Å². The van der Waals surface area contributed by atoms with Gasteiger partial charge in [0.2, 0.25) is 11.9 Å².